The molecule has 0 saturated heterocycles. The minimum absolute atomic E-state index is 0.524. The highest BCUT2D eigenvalue weighted by Gasteiger charge is 2.25. The van der Waals surface area contributed by atoms with E-state index in [-0.39, 0.29) is 0 Å². The van der Waals surface area contributed by atoms with Gasteiger partial charge < -0.3 is 9.13 Å². The lowest BCUT2D eigenvalue weighted by Gasteiger charge is -2.21. The number of hydrogen-bond acceptors (Lipinski definition) is 2. The summed E-state index contributed by atoms with van der Waals surface area (Å²) in [6.07, 6.45) is 0. The van der Waals surface area contributed by atoms with Crippen molar-refractivity contribution in [3.8, 4) is 79.1 Å². The topological polar surface area (TPSA) is 57.4 Å². The molecule has 10 aromatic carbocycles. The van der Waals surface area contributed by atoms with Crippen LogP contribution in [0.1, 0.15) is 16.7 Å². The number of rotatable bonds is 7. The third kappa shape index (κ3) is 6.76. The van der Waals surface area contributed by atoms with Crippen LogP contribution in [0.3, 0.4) is 0 Å². The number of aromatic nitrogens is 2. The van der Waals surface area contributed by atoms with Gasteiger partial charge in [0.25, 0.3) is 0 Å². The molecule has 0 aliphatic heterocycles. The van der Waals surface area contributed by atoms with Crippen LogP contribution in [0, 0.1) is 29.6 Å². The molecular formula is C63H40N4. The fourth-order valence-corrected chi connectivity index (χ4v) is 10.1. The van der Waals surface area contributed by atoms with Crippen molar-refractivity contribution in [3.63, 3.8) is 0 Å². The van der Waals surface area contributed by atoms with Gasteiger partial charge in [-0.15, -0.1) is 0 Å². The van der Waals surface area contributed by atoms with Crippen molar-refractivity contribution in [1.29, 1.82) is 10.5 Å². The van der Waals surface area contributed by atoms with E-state index in [2.05, 4.69) is 197 Å². The first-order chi connectivity index (χ1) is 33.0. The van der Waals surface area contributed by atoms with E-state index in [1.54, 1.807) is 0 Å². The molecule has 4 heteroatoms. The molecule has 0 spiro atoms. The Balaban J connectivity index is 1.22. The van der Waals surface area contributed by atoms with Gasteiger partial charge in [0.2, 0.25) is 0 Å². The van der Waals surface area contributed by atoms with Crippen LogP contribution in [-0.4, -0.2) is 9.13 Å². The maximum atomic E-state index is 11.1. The number of nitrogens with zero attached hydrogens (tertiary/aromatic N) is 4. The molecule has 0 aliphatic rings. The van der Waals surface area contributed by atoms with Crippen LogP contribution < -0.4 is 0 Å². The molecule has 0 atom stereocenters. The Bertz CT molecular complexity index is 3560. The third-order valence-corrected chi connectivity index (χ3v) is 13.2. The van der Waals surface area contributed by atoms with Crippen molar-refractivity contribution in [3.05, 3.63) is 241 Å². The van der Waals surface area contributed by atoms with Crippen LogP contribution in [-0.2, 0) is 0 Å². The van der Waals surface area contributed by atoms with Gasteiger partial charge in [-0.2, -0.15) is 10.5 Å². The van der Waals surface area contributed by atoms with Gasteiger partial charge in [0, 0.05) is 27.1 Å². The molecule has 312 valence electrons. The minimum atomic E-state index is 0.524. The first kappa shape index (κ1) is 39.4. The Morgan fingerprint density at radius 2 is 0.612 bits per heavy atom. The molecule has 0 fully saturated rings. The average molecular weight is 853 g/mol. The SMILES string of the molecule is Cc1cc(C#N)cc(-c2c(-n3c4ccc(-c5ccccc5)cc4c4cc(-c5ccccc5)ccc43)cc(C#N)cc2-n2c3ccc(-c4ccccc4)cc3c3cc(-c4ccccc4)ccc32)c1. The van der Waals surface area contributed by atoms with E-state index < -0.39 is 0 Å². The van der Waals surface area contributed by atoms with Crippen molar-refractivity contribution < 1.29 is 0 Å². The Morgan fingerprint density at radius 3 is 0.925 bits per heavy atom. The summed E-state index contributed by atoms with van der Waals surface area (Å²) in [6.45, 7) is 2.04. The average Bonchev–Trinajstić information content (AvgIpc) is 3.90. The van der Waals surface area contributed by atoms with Crippen molar-refractivity contribution in [2.24, 2.45) is 0 Å². The van der Waals surface area contributed by atoms with E-state index in [0.717, 1.165) is 116 Å². The van der Waals surface area contributed by atoms with Crippen molar-refractivity contribution in [2.45, 2.75) is 6.92 Å². The molecule has 0 unspecified atom stereocenters. The van der Waals surface area contributed by atoms with Gasteiger partial charge in [-0.3, -0.25) is 0 Å². The van der Waals surface area contributed by atoms with Crippen molar-refractivity contribution >= 4 is 43.6 Å². The maximum absolute atomic E-state index is 11.1. The standard InChI is InChI=1S/C63H40N4/c1-41-30-42(39-64)32-52(31-41)63-61(66-57-26-22-48(44-14-6-2-7-15-44)35-53(57)54-36-49(23-27-58(54)66)45-16-8-3-9-17-45)33-43(40-65)34-62(63)67-59-28-24-50(46-18-10-4-11-19-46)37-55(59)56-38-51(25-29-60(56)67)47-20-12-5-13-21-47/h2-38H,1H3. The van der Waals surface area contributed by atoms with Crippen LogP contribution in [0.2, 0.25) is 0 Å². The zero-order valence-corrected chi connectivity index (χ0v) is 36.7. The number of aryl methyl sites for hydroxylation is 1. The Kier molecular flexibility index (Phi) is 9.46. The first-order valence-electron chi connectivity index (χ1n) is 22.5. The normalized spacial score (nSPS) is 11.3. The summed E-state index contributed by atoms with van der Waals surface area (Å²) in [5, 5.41) is 25.9. The predicted octanol–water partition coefficient (Wildman–Crippen LogP) is 16.3. The molecule has 2 aromatic heterocycles. The smallest absolute Gasteiger partial charge is 0.0993 e. The van der Waals surface area contributed by atoms with Gasteiger partial charge in [-0.25, -0.2) is 0 Å². The number of fused-ring (bicyclic) bond motifs is 6. The van der Waals surface area contributed by atoms with Gasteiger partial charge in [0.1, 0.15) is 0 Å². The summed E-state index contributed by atoms with van der Waals surface area (Å²) in [7, 11) is 0. The van der Waals surface area contributed by atoms with E-state index in [1.807, 2.05) is 55.5 Å². The maximum Gasteiger partial charge on any atom is 0.0993 e. The Labute approximate surface area is 388 Å². The lowest BCUT2D eigenvalue weighted by Crippen LogP contribution is -2.05. The minimum Gasteiger partial charge on any atom is -0.308 e. The second kappa shape index (κ2) is 16.1. The highest BCUT2D eigenvalue weighted by molar-refractivity contribution is 6.14. The lowest BCUT2D eigenvalue weighted by atomic mass is 9.95. The fraction of sp³-hybridized carbons (Fsp3) is 0.0159. The second-order valence-electron chi connectivity index (χ2n) is 17.3. The quantitative estimate of drug-likeness (QED) is 0.160. The molecule has 2 heterocycles. The van der Waals surface area contributed by atoms with Gasteiger partial charge >= 0.3 is 0 Å². The van der Waals surface area contributed by atoms with Crippen LogP contribution >= 0.6 is 0 Å². The van der Waals surface area contributed by atoms with E-state index in [1.165, 1.54) is 0 Å². The number of hydrogen-bond donors (Lipinski definition) is 0. The fourth-order valence-electron chi connectivity index (χ4n) is 10.1. The highest BCUT2D eigenvalue weighted by Crippen LogP contribution is 2.45. The molecule has 0 saturated carbocycles. The van der Waals surface area contributed by atoms with E-state index in [0.29, 0.717) is 11.1 Å². The lowest BCUT2D eigenvalue weighted by molar-refractivity contribution is 1.13. The summed E-state index contributed by atoms with van der Waals surface area (Å²) in [4.78, 5) is 0. The summed E-state index contributed by atoms with van der Waals surface area (Å²) in [5.74, 6) is 0. The summed E-state index contributed by atoms with van der Waals surface area (Å²) < 4.78 is 4.66. The zero-order chi connectivity index (χ0) is 45.0. The molecule has 0 bridgehead atoms. The number of nitriles is 2. The molecule has 4 nitrogen and oxygen atoms in total. The summed E-state index contributed by atoms with van der Waals surface area (Å²) in [6, 6.07) is 84.0. The molecular weight excluding hydrogens is 813 g/mol. The van der Waals surface area contributed by atoms with Gasteiger partial charge in [-0.1, -0.05) is 152 Å². The van der Waals surface area contributed by atoms with E-state index in [9.17, 15) is 10.5 Å². The van der Waals surface area contributed by atoms with E-state index in [4.69, 9.17) is 0 Å². The largest absolute Gasteiger partial charge is 0.308 e. The second-order valence-corrected chi connectivity index (χ2v) is 17.3. The predicted molar refractivity (Wildman–Crippen MR) is 276 cm³/mol. The number of benzene rings is 10. The van der Waals surface area contributed by atoms with E-state index >= 15 is 0 Å². The van der Waals surface area contributed by atoms with Crippen LogP contribution in [0.5, 0.6) is 0 Å². The zero-order valence-electron chi connectivity index (χ0n) is 36.7. The molecule has 12 aromatic rings. The molecule has 67 heavy (non-hydrogen) atoms. The molecule has 0 N–H and O–H groups in total. The van der Waals surface area contributed by atoms with Gasteiger partial charge in [-0.05, 0) is 135 Å². The summed E-state index contributed by atoms with van der Waals surface area (Å²) >= 11 is 0. The van der Waals surface area contributed by atoms with Crippen LogP contribution in [0.15, 0.2) is 224 Å². The van der Waals surface area contributed by atoms with Crippen LogP contribution in [0.4, 0.5) is 0 Å². The molecule has 0 aliphatic carbocycles. The third-order valence-electron chi connectivity index (χ3n) is 13.2. The first-order valence-corrected chi connectivity index (χ1v) is 22.5. The van der Waals surface area contributed by atoms with Crippen molar-refractivity contribution in [2.75, 3.05) is 0 Å². The molecule has 0 amide bonds. The molecule has 12 rings (SSSR count). The Morgan fingerprint density at radius 1 is 0.299 bits per heavy atom. The van der Waals surface area contributed by atoms with Crippen molar-refractivity contribution in [1.82, 2.24) is 9.13 Å². The monoisotopic (exact) mass is 852 g/mol. The van der Waals surface area contributed by atoms with Crippen LogP contribution in [0.25, 0.3) is 111 Å². The molecule has 0 radical (unpaired) electrons. The summed E-state index contributed by atoms with van der Waals surface area (Å²) in [5.41, 5.74) is 18.7. The van der Waals surface area contributed by atoms with Gasteiger partial charge in [0.15, 0.2) is 0 Å². The highest BCUT2D eigenvalue weighted by atomic mass is 15.0. The van der Waals surface area contributed by atoms with Gasteiger partial charge in [0.05, 0.1) is 56.7 Å². The Hall–Kier alpha value is -9.22.